The Balaban J connectivity index is 2.47. The van der Waals surface area contributed by atoms with E-state index in [0.29, 0.717) is 5.69 Å². The van der Waals surface area contributed by atoms with E-state index in [9.17, 15) is 9.59 Å². The van der Waals surface area contributed by atoms with Gasteiger partial charge < -0.3 is 14.8 Å². The van der Waals surface area contributed by atoms with Gasteiger partial charge in [-0.15, -0.1) is 0 Å². The predicted molar refractivity (Wildman–Crippen MR) is 67.4 cm³/mol. The molecule has 1 amide bonds. The van der Waals surface area contributed by atoms with E-state index in [1.54, 1.807) is 0 Å². The van der Waals surface area contributed by atoms with Gasteiger partial charge in [-0.3, -0.25) is 4.79 Å². The van der Waals surface area contributed by atoms with Crippen molar-refractivity contribution < 1.29 is 19.1 Å². The van der Waals surface area contributed by atoms with Crippen LogP contribution in [0.15, 0.2) is 18.2 Å². The lowest BCUT2D eigenvalue weighted by Gasteiger charge is -2.08. The Morgan fingerprint density at radius 1 is 1.11 bits per heavy atom. The van der Waals surface area contributed by atoms with Gasteiger partial charge in [0.25, 0.3) is 5.91 Å². The van der Waals surface area contributed by atoms with Gasteiger partial charge in [-0.25, -0.2) is 4.79 Å². The van der Waals surface area contributed by atoms with E-state index < -0.39 is 5.97 Å². The SMILES string of the molecule is COCC(=O)OCC(=O)Nc1cc(C)cc(C)c1. The number of hydrogen-bond acceptors (Lipinski definition) is 4. The molecule has 0 spiro atoms. The highest BCUT2D eigenvalue weighted by atomic mass is 16.6. The summed E-state index contributed by atoms with van der Waals surface area (Å²) in [5.41, 5.74) is 2.81. The molecular weight excluding hydrogens is 234 g/mol. The quantitative estimate of drug-likeness (QED) is 0.804. The number of benzene rings is 1. The number of methoxy groups -OCH3 is 1. The topological polar surface area (TPSA) is 64.6 Å². The fraction of sp³-hybridized carbons (Fsp3) is 0.385. The second-order valence-corrected chi connectivity index (χ2v) is 4.02. The summed E-state index contributed by atoms with van der Waals surface area (Å²) in [7, 11) is 1.39. The molecule has 0 aliphatic rings. The molecule has 0 aliphatic carbocycles. The summed E-state index contributed by atoms with van der Waals surface area (Å²) < 4.78 is 9.28. The van der Waals surface area contributed by atoms with Crippen molar-refractivity contribution in [3.63, 3.8) is 0 Å². The van der Waals surface area contributed by atoms with Crippen LogP contribution in [-0.4, -0.2) is 32.2 Å². The van der Waals surface area contributed by atoms with Crippen molar-refractivity contribution in [3.05, 3.63) is 29.3 Å². The van der Waals surface area contributed by atoms with Crippen LogP contribution < -0.4 is 5.32 Å². The third-order valence-electron chi connectivity index (χ3n) is 2.13. The Hall–Kier alpha value is -1.88. The smallest absolute Gasteiger partial charge is 0.332 e. The third-order valence-corrected chi connectivity index (χ3v) is 2.13. The van der Waals surface area contributed by atoms with Crippen LogP contribution in [0.2, 0.25) is 0 Å². The minimum Gasteiger partial charge on any atom is -0.454 e. The largest absolute Gasteiger partial charge is 0.454 e. The van der Waals surface area contributed by atoms with E-state index >= 15 is 0 Å². The van der Waals surface area contributed by atoms with E-state index in [2.05, 4.69) is 10.1 Å². The maximum Gasteiger partial charge on any atom is 0.332 e. The molecule has 0 fully saturated rings. The maximum absolute atomic E-state index is 11.5. The molecule has 5 nitrogen and oxygen atoms in total. The summed E-state index contributed by atoms with van der Waals surface area (Å²) in [6.45, 7) is 3.43. The Morgan fingerprint density at radius 2 is 1.72 bits per heavy atom. The number of aryl methyl sites for hydroxylation is 2. The zero-order valence-corrected chi connectivity index (χ0v) is 10.8. The van der Waals surface area contributed by atoms with Crippen LogP contribution in [-0.2, 0) is 19.1 Å². The third kappa shape index (κ3) is 4.97. The summed E-state index contributed by atoms with van der Waals surface area (Å²) in [5.74, 6) is -0.933. The van der Waals surface area contributed by atoms with Crippen molar-refractivity contribution in [1.29, 1.82) is 0 Å². The minimum absolute atomic E-state index is 0.156. The highest BCUT2D eigenvalue weighted by Gasteiger charge is 2.07. The molecule has 0 radical (unpaired) electrons. The highest BCUT2D eigenvalue weighted by Crippen LogP contribution is 2.13. The Morgan fingerprint density at radius 3 is 2.28 bits per heavy atom. The molecule has 0 saturated carbocycles. The number of hydrogen-bond donors (Lipinski definition) is 1. The number of carbonyl (C=O) groups excluding carboxylic acids is 2. The van der Waals surface area contributed by atoms with Crippen LogP contribution >= 0.6 is 0 Å². The van der Waals surface area contributed by atoms with E-state index in [0.717, 1.165) is 11.1 Å². The standard InChI is InChI=1S/C13H17NO4/c1-9-4-10(2)6-11(5-9)14-12(15)7-18-13(16)8-17-3/h4-6H,7-8H2,1-3H3,(H,14,15). The molecule has 98 valence electrons. The molecule has 0 aromatic heterocycles. The van der Waals surface area contributed by atoms with E-state index in [1.165, 1.54) is 7.11 Å². The van der Waals surface area contributed by atoms with Gasteiger partial charge in [-0.1, -0.05) is 6.07 Å². The lowest BCUT2D eigenvalue weighted by atomic mass is 10.1. The van der Waals surface area contributed by atoms with Crippen LogP contribution in [0.4, 0.5) is 5.69 Å². The van der Waals surface area contributed by atoms with E-state index in [1.807, 2.05) is 32.0 Å². The molecule has 5 heteroatoms. The van der Waals surface area contributed by atoms with Gasteiger partial charge in [0, 0.05) is 12.8 Å². The monoisotopic (exact) mass is 251 g/mol. The van der Waals surface area contributed by atoms with Gasteiger partial charge in [0.15, 0.2) is 6.61 Å². The van der Waals surface area contributed by atoms with Crippen molar-refractivity contribution in [2.45, 2.75) is 13.8 Å². The number of anilines is 1. The number of carbonyl (C=O) groups is 2. The first-order valence-corrected chi connectivity index (χ1v) is 5.54. The van der Waals surface area contributed by atoms with E-state index in [4.69, 9.17) is 4.74 Å². The van der Waals surface area contributed by atoms with Crippen LogP contribution in [0.5, 0.6) is 0 Å². The zero-order valence-electron chi connectivity index (χ0n) is 10.8. The highest BCUT2D eigenvalue weighted by molar-refractivity contribution is 5.93. The van der Waals surface area contributed by atoms with Gasteiger partial charge in [0.2, 0.25) is 0 Å². The summed E-state index contributed by atoms with van der Waals surface area (Å²) in [5, 5.41) is 2.66. The Labute approximate surface area is 106 Å². The number of nitrogens with one attached hydrogen (secondary N) is 1. The minimum atomic E-state index is -0.562. The normalized spacial score (nSPS) is 9.94. The molecule has 1 N–H and O–H groups in total. The molecular formula is C13H17NO4. The van der Waals surface area contributed by atoms with Gasteiger partial charge in [-0.2, -0.15) is 0 Å². The van der Waals surface area contributed by atoms with Crippen LogP contribution in [0.3, 0.4) is 0 Å². The first kappa shape index (κ1) is 14.2. The fourth-order valence-corrected chi connectivity index (χ4v) is 1.55. The summed E-state index contributed by atoms with van der Waals surface area (Å²) in [4.78, 5) is 22.5. The summed E-state index contributed by atoms with van der Waals surface area (Å²) in [6.07, 6.45) is 0. The summed E-state index contributed by atoms with van der Waals surface area (Å²) >= 11 is 0. The lowest BCUT2D eigenvalue weighted by molar-refractivity contribution is -0.150. The molecule has 1 rings (SSSR count). The second-order valence-electron chi connectivity index (χ2n) is 4.02. The molecule has 0 heterocycles. The Bertz CT molecular complexity index is 422. The van der Waals surface area contributed by atoms with Gasteiger partial charge in [-0.05, 0) is 37.1 Å². The van der Waals surface area contributed by atoms with Crippen LogP contribution in [0.25, 0.3) is 0 Å². The van der Waals surface area contributed by atoms with Gasteiger partial charge in [0.05, 0.1) is 0 Å². The molecule has 0 unspecified atom stereocenters. The van der Waals surface area contributed by atoms with Crippen molar-refractivity contribution in [1.82, 2.24) is 0 Å². The van der Waals surface area contributed by atoms with Crippen molar-refractivity contribution >= 4 is 17.6 Å². The average molecular weight is 251 g/mol. The average Bonchev–Trinajstić information content (AvgIpc) is 2.25. The first-order chi connectivity index (χ1) is 8.51. The predicted octanol–water partition coefficient (Wildman–Crippen LogP) is 1.43. The Kier molecular flexibility index (Phi) is 5.32. The fourth-order valence-electron chi connectivity index (χ4n) is 1.55. The molecule has 0 atom stereocenters. The van der Waals surface area contributed by atoms with Crippen LogP contribution in [0.1, 0.15) is 11.1 Å². The van der Waals surface area contributed by atoms with Gasteiger partial charge in [0.1, 0.15) is 6.61 Å². The molecule has 1 aromatic rings. The number of esters is 1. The second kappa shape index (κ2) is 6.76. The first-order valence-electron chi connectivity index (χ1n) is 5.54. The number of ether oxygens (including phenoxy) is 2. The maximum atomic E-state index is 11.5. The van der Waals surface area contributed by atoms with Crippen LogP contribution in [0, 0.1) is 13.8 Å². The van der Waals surface area contributed by atoms with Crippen molar-refractivity contribution in [2.24, 2.45) is 0 Å². The molecule has 0 bridgehead atoms. The summed E-state index contributed by atoms with van der Waals surface area (Å²) in [6, 6.07) is 5.71. The van der Waals surface area contributed by atoms with Crippen molar-refractivity contribution in [2.75, 3.05) is 25.6 Å². The number of amides is 1. The van der Waals surface area contributed by atoms with Gasteiger partial charge >= 0.3 is 5.97 Å². The number of rotatable bonds is 5. The lowest BCUT2D eigenvalue weighted by Crippen LogP contribution is -2.22. The van der Waals surface area contributed by atoms with Crippen molar-refractivity contribution in [3.8, 4) is 0 Å². The zero-order chi connectivity index (χ0) is 13.5. The van der Waals surface area contributed by atoms with E-state index in [-0.39, 0.29) is 19.1 Å². The molecule has 18 heavy (non-hydrogen) atoms. The molecule has 0 aliphatic heterocycles. The molecule has 0 saturated heterocycles. The molecule has 1 aromatic carbocycles.